The van der Waals surface area contributed by atoms with Gasteiger partial charge in [0, 0.05) is 13.1 Å². The Labute approximate surface area is 134 Å². The predicted octanol–water partition coefficient (Wildman–Crippen LogP) is 2.41. The number of amides is 1. The summed E-state index contributed by atoms with van der Waals surface area (Å²) in [4.78, 5) is 29.2. The average Bonchev–Trinajstić information content (AvgIpc) is 2.60. The maximum atomic E-state index is 12.6. The van der Waals surface area contributed by atoms with Crippen LogP contribution in [0.5, 0.6) is 0 Å². The molecule has 1 atom stereocenters. The minimum absolute atomic E-state index is 0.104. The molecule has 0 radical (unpaired) electrons. The molecule has 1 heterocycles. The lowest BCUT2D eigenvalue weighted by Gasteiger charge is -2.32. The molecule has 1 aliphatic carbocycles. The molecule has 23 heavy (non-hydrogen) atoms. The molecule has 3 rings (SSSR count). The highest BCUT2D eigenvalue weighted by Gasteiger charge is 2.26. The quantitative estimate of drug-likeness (QED) is 0.945. The third-order valence-corrected chi connectivity index (χ3v) is 4.38. The normalized spacial score (nSPS) is 16.5. The van der Waals surface area contributed by atoms with Gasteiger partial charge in [-0.3, -0.25) is 4.79 Å². The van der Waals surface area contributed by atoms with Crippen molar-refractivity contribution >= 4 is 11.9 Å². The van der Waals surface area contributed by atoms with Crippen molar-refractivity contribution in [2.45, 2.75) is 25.3 Å². The zero-order chi connectivity index (χ0) is 16.4. The van der Waals surface area contributed by atoms with Crippen LogP contribution in [-0.4, -0.2) is 40.0 Å². The van der Waals surface area contributed by atoms with Crippen molar-refractivity contribution in [1.82, 2.24) is 9.88 Å². The van der Waals surface area contributed by atoms with Gasteiger partial charge in [-0.25, -0.2) is 9.78 Å². The summed E-state index contributed by atoms with van der Waals surface area (Å²) in [5.74, 6) is -1.37. The summed E-state index contributed by atoms with van der Waals surface area (Å²) in [6.07, 6.45) is 2.66. The lowest BCUT2D eigenvalue weighted by Crippen LogP contribution is -2.41. The van der Waals surface area contributed by atoms with Crippen LogP contribution < -0.4 is 0 Å². The van der Waals surface area contributed by atoms with Crippen LogP contribution in [0.15, 0.2) is 42.5 Å². The average molecular weight is 310 g/mol. The predicted molar refractivity (Wildman–Crippen MR) is 85.5 cm³/mol. The Balaban J connectivity index is 1.78. The van der Waals surface area contributed by atoms with E-state index < -0.39 is 5.97 Å². The van der Waals surface area contributed by atoms with Crippen molar-refractivity contribution in [3.05, 3.63) is 65.0 Å². The summed E-state index contributed by atoms with van der Waals surface area (Å²) in [7, 11) is 1.76. The molecule has 1 N–H and O–H groups in total. The van der Waals surface area contributed by atoms with Gasteiger partial charge < -0.3 is 10.0 Å². The zero-order valence-electron chi connectivity index (χ0n) is 12.9. The van der Waals surface area contributed by atoms with Gasteiger partial charge in [0.15, 0.2) is 0 Å². The number of fused-ring (bicyclic) bond motifs is 1. The molecule has 1 aromatic carbocycles. The Bertz CT molecular complexity index is 757. The monoisotopic (exact) mass is 310 g/mol. The van der Waals surface area contributed by atoms with Crippen molar-refractivity contribution in [3.63, 3.8) is 0 Å². The number of nitrogens with zero attached hydrogens (tertiary/aromatic N) is 2. The molecule has 1 unspecified atom stereocenters. The molecule has 0 bridgehead atoms. The highest BCUT2D eigenvalue weighted by Crippen LogP contribution is 2.24. The Morgan fingerprint density at radius 1 is 1.09 bits per heavy atom. The molecule has 1 amide bonds. The van der Waals surface area contributed by atoms with Gasteiger partial charge in [0.05, 0.1) is 0 Å². The van der Waals surface area contributed by atoms with E-state index in [4.69, 9.17) is 5.11 Å². The Hall–Kier alpha value is -2.69. The topological polar surface area (TPSA) is 70.5 Å². The molecule has 2 aromatic rings. The van der Waals surface area contributed by atoms with Gasteiger partial charge in [0.25, 0.3) is 5.91 Å². The number of carbonyl (C=O) groups excluding carboxylic acids is 1. The van der Waals surface area contributed by atoms with Crippen LogP contribution >= 0.6 is 0 Å². The van der Waals surface area contributed by atoms with Crippen LogP contribution in [-0.2, 0) is 12.8 Å². The summed E-state index contributed by atoms with van der Waals surface area (Å²) in [6, 6.07) is 12.9. The minimum Gasteiger partial charge on any atom is -0.477 e. The number of benzene rings is 1. The second-order valence-electron chi connectivity index (χ2n) is 5.79. The Morgan fingerprint density at radius 2 is 1.78 bits per heavy atom. The molecular formula is C18H18N2O3. The molecule has 0 saturated carbocycles. The third-order valence-electron chi connectivity index (χ3n) is 4.38. The second kappa shape index (κ2) is 6.20. The molecule has 118 valence electrons. The lowest BCUT2D eigenvalue weighted by molar-refractivity contribution is 0.0688. The van der Waals surface area contributed by atoms with Crippen LogP contribution in [0, 0.1) is 0 Å². The number of aryl methyl sites for hydroxylation is 1. The van der Waals surface area contributed by atoms with Crippen molar-refractivity contribution in [3.8, 4) is 0 Å². The second-order valence-corrected chi connectivity index (χ2v) is 5.79. The number of carbonyl (C=O) groups is 2. The molecule has 0 fully saturated rings. The van der Waals surface area contributed by atoms with Crippen molar-refractivity contribution in [2.24, 2.45) is 0 Å². The molecule has 1 aliphatic rings. The number of rotatable bonds is 3. The van der Waals surface area contributed by atoms with Gasteiger partial charge >= 0.3 is 5.97 Å². The number of carboxylic acids is 1. The van der Waals surface area contributed by atoms with E-state index in [1.165, 1.54) is 17.2 Å². The fraction of sp³-hybridized carbons (Fsp3) is 0.278. The van der Waals surface area contributed by atoms with E-state index in [0.29, 0.717) is 0 Å². The summed E-state index contributed by atoms with van der Waals surface area (Å²) in [5, 5.41) is 9.00. The van der Waals surface area contributed by atoms with Gasteiger partial charge in [-0.15, -0.1) is 0 Å². The molecule has 0 aliphatic heterocycles. The first-order valence-electron chi connectivity index (χ1n) is 7.60. The van der Waals surface area contributed by atoms with Crippen LogP contribution in [0.1, 0.15) is 38.5 Å². The lowest BCUT2D eigenvalue weighted by atomic mass is 9.87. The maximum Gasteiger partial charge on any atom is 0.354 e. The minimum atomic E-state index is -1.13. The molecule has 5 heteroatoms. The van der Waals surface area contributed by atoms with E-state index in [2.05, 4.69) is 17.1 Å². The van der Waals surface area contributed by atoms with Crippen molar-refractivity contribution < 1.29 is 14.7 Å². The zero-order valence-corrected chi connectivity index (χ0v) is 12.9. The standard InChI is InChI=1S/C18H18N2O3/c1-20(14-10-9-12-5-2-3-6-13(12)11-14)17(21)15-7-4-8-16(19-15)18(22)23/h2-8,14H,9-11H2,1H3,(H,22,23). The van der Waals surface area contributed by atoms with E-state index in [9.17, 15) is 9.59 Å². The maximum absolute atomic E-state index is 12.6. The number of hydrogen-bond donors (Lipinski definition) is 1. The van der Waals surface area contributed by atoms with Gasteiger partial charge in [-0.1, -0.05) is 30.3 Å². The molecule has 5 nitrogen and oxygen atoms in total. The number of pyridine rings is 1. The number of aromatic carboxylic acids is 1. The highest BCUT2D eigenvalue weighted by atomic mass is 16.4. The van der Waals surface area contributed by atoms with E-state index in [-0.39, 0.29) is 23.3 Å². The van der Waals surface area contributed by atoms with E-state index in [1.54, 1.807) is 24.1 Å². The molecular weight excluding hydrogens is 292 g/mol. The molecule has 0 saturated heterocycles. The van der Waals surface area contributed by atoms with E-state index >= 15 is 0 Å². The third kappa shape index (κ3) is 3.08. The van der Waals surface area contributed by atoms with Gasteiger partial charge in [0.2, 0.25) is 0 Å². The summed E-state index contributed by atoms with van der Waals surface area (Å²) in [6.45, 7) is 0. The van der Waals surface area contributed by atoms with Crippen LogP contribution in [0.3, 0.4) is 0 Å². The summed E-state index contributed by atoms with van der Waals surface area (Å²) in [5.41, 5.74) is 2.68. The van der Waals surface area contributed by atoms with Gasteiger partial charge in [0.1, 0.15) is 11.4 Å². The first-order valence-corrected chi connectivity index (χ1v) is 7.60. The number of aromatic nitrogens is 1. The largest absolute Gasteiger partial charge is 0.477 e. The Kier molecular flexibility index (Phi) is 4.10. The summed E-state index contributed by atoms with van der Waals surface area (Å²) >= 11 is 0. The fourth-order valence-corrected chi connectivity index (χ4v) is 3.03. The molecule has 1 aromatic heterocycles. The van der Waals surface area contributed by atoms with E-state index in [0.717, 1.165) is 19.3 Å². The number of likely N-dealkylation sites (N-methyl/N-ethyl adjacent to an activating group) is 1. The molecule has 0 spiro atoms. The smallest absolute Gasteiger partial charge is 0.354 e. The highest BCUT2D eigenvalue weighted by molar-refractivity contribution is 5.94. The van der Waals surface area contributed by atoms with Gasteiger partial charge in [-0.2, -0.15) is 0 Å². The number of carboxylic acid groups (broad SMARTS) is 1. The van der Waals surface area contributed by atoms with Crippen LogP contribution in [0.25, 0.3) is 0 Å². The number of hydrogen-bond acceptors (Lipinski definition) is 3. The first kappa shape index (κ1) is 15.2. The SMILES string of the molecule is CN(C(=O)c1cccc(C(=O)O)n1)C1CCc2ccccc2C1. The van der Waals surface area contributed by atoms with Crippen molar-refractivity contribution in [2.75, 3.05) is 7.05 Å². The van der Waals surface area contributed by atoms with Crippen LogP contribution in [0.4, 0.5) is 0 Å². The van der Waals surface area contributed by atoms with Crippen molar-refractivity contribution in [1.29, 1.82) is 0 Å². The van der Waals surface area contributed by atoms with Crippen LogP contribution in [0.2, 0.25) is 0 Å². The summed E-state index contributed by atoms with van der Waals surface area (Å²) < 4.78 is 0. The fourth-order valence-electron chi connectivity index (χ4n) is 3.03. The first-order chi connectivity index (χ1) is 11.1. The van der Waals surface area contributed by atoms with E-state index in [1.807, 2.05) is 12.1 Å². The Morgan fingerprint density at radius 3 is 2.52 bits per heavy atom. The van der Waals surface area contributed by atoms with Gasteiger partial charge in [-0.05, 0) is 42.5 Å².